The minimum absolute atomic E-state index is 0.184. The zero-order valence-electron chi connectivity index (χ0n) is 11.0. The van der Waals surface area contributed by atoms with Gasteiger partial charge < -0.3 is 25.5 Å². The maximum absolute atomic E-state index is 9.62. The molecule has 2 aromatic carbocycles. The molecule has 0 aliphatic heterocycles. The summed E-state index contributed by atoms with van der Waals surface area (Å²) in [6, 6.07) is 7.22. The van der Waals surface area contributed by atoms with Gasteiger partial charge in [0.15, 0.2) is 23.0 Å². The molecular formula is C14H16N2O5. The number of phenolic OH excluding ortho intramolecular Hbond substituents is 5. The lowest BCUT2D eigenvalue weighted by atomic mass is 10.1. The first-order chi connectivity index (χ1) is 9.99. The molecule has 0 atom stereocenters. The highest BCUT2D eigenvalue weighted by atomic mass is 16.3. The van der Waals surface area contributed by atoms with E-state index >= 15 is 0 Å². The maximum atomic E-state index is 9.62. The van der Waals surface area contributed by atoms with Crippen molar-refractivity contribution in [1.82, 2.24) is 10.9 Å². The topological polar surface area (TPSA) is 125 Å². The van der Waals surface area contributed by atoms with Gasteiger partial charge in [-0.3, -0.25) is 10.9 Å². The van der Waals surface area contributed by atoms with Gasteiger partial charge in [0.2, 0.25) is 5.75 Å². The van der Waals surface area contributed by atoms with Gasteiger partial charge in [-0.05, 0) is 23.8 Å². The lowest BCUT2D eigenvalue weighted by Gasteiger charge is -2.10. The Morgan fingerprint density at radius 1 is 0.667 bits per heavy atom. The van der Waals surface area contributed by atoms with Gasteiger partial charge in [-0.1, -0.05) is 12.1 Å². The number of nitrogens with one attached hydrogen (secondary N) is 2. The van der Waals surface area contributed by atoms with Crippen LogP contribution in [0, 0.1) is 0 Å². The van der Waals surface area contributed by atoms with E-state index in [-0.39, 0.29) is 29.5 Å². The molecule has 0 unspecified atom stereocenters. The lowest BCUT2D eigenvalue weighted by Crippen LogP contribution is -2.30. The van der Waals surface area contributed by atoms with Crippen molar-refractivity contribution in [3.8, 4) is 28.7 Å². The average Bonchev–Trinajstić information content (AvgIpc) is 2.47. The van der Waals surface area contributed by atoms with Gasteiger partial charge in [0.05, 0.1) is 0 Å². The van der Waals surface area contributed by atoms with Crippen molar-refractivity contribution < 1.29 is 25.5 Å². The van der Waals surface area contributed by atoms with Crippen LogP contribution in [0.1, 0.15) is 11.1 Å². The molecule has 0 saturated heterocycles. The molecule has 7 nitrogen and oxygen atoms in total. The third-order valence-electron chi connectivity index (χ3n) is 2.95. The smallest absolute Gasteiger partial charge is 0.200 e. The van der Waals surface area contributed by atoms with Crippen LogP contribution < -0.4 is 10.9 Å². The summed E-state index contributed by atoms with van der Waals surface area (Å²) in [5.41, 5.74) is 6.84. The summed E-state index contributed by atoms with van der Waals surface area (Å²) < 4.78 is 0. The largest absolute Gasteiger partial charge is 0.504 e. The highest BCUT2D eigenvalue weighted by Gasteiger charge is 2.10. The summed E-state index contributed by atoms with van der Waals surface area (Å²) in [5, 5.41) is 46.7. The predicted molar refractivity (Wildman–Crippen MR) is 74.9 cm³/mol. The van der Waals surface area contributed by atoms with E-state index in [0.717, 1.165) is 5.56 Å². The molecule has 0 spiro atoms. The molecule has 0 amide bonds. The van der Waals surface area contributed by atoms with E-state index in [0.29, 0.717) is 12.1 Å². The minimum atomic E-state index is -0.558. The molecule has 0 aliphatic rings. The van der Waals surface area contributed by atoms with Crippen LogP contribution in [0.15, 0.2) is 30.3 Å². The Labute approximate surface area is 120 Å². The quantitative estimate of drug-likeness (QED) is 0.249. The summed E-state index contributed by atoms with van der Waals surface area (Å²) in [6.07, 6.45) is 0. The molecule has 112 valence electrons. The van der Waals surface area contributed by atoms with Crippen LogP contribution in [0.5, 0.6) is 28.7 Å². The molecular weight excluding hydrogens is 276 g/mol. The van der Waals surface area contributed by atoms with E-state index < -0.39 is 5.75 Å². The lowest BCUT2D eigenvalue weighted by molar-refractivity contribution is 0.363. The zero-order valence-corrected chi connectivity index (χ0v) is 11.0. The Morgan fingerprint density at radius 3 is 2.05 bits per heavy atom. The van der Waals surface area contributed by atoms with E-state index in [1.54, 1.807) is 6.07 Å². The van der Waals surface area contributed by atoms with E-state index in [1.165, 1.54) is 24.3 Å². The standard InChI is InChI=1S/C14H16N2O5/c17-10-3-1-8(5-12(10)19)6-15-16-7-9-2-4-11(18)14(21)13(9)20/h1-5,15-21H,6-7H2. The van der Waals surface area contributed by atoms with Gasteiger partial charge in [0.25, 0.3) is 0 Å². The van der Waals surface area contributed by atoms with Crippen LogP contribution in [-0.2, 0) is 13.1 Å². The van der Waals surface area contributed by atoms with Gasteiger partial charge in [-0.2, -0.15) is 0 Å². The Hall–Kier alpha value is -2.64. The number of hydrogen-bond acceptors (Lipinski definition) is 7. The molecule has 0 radical (unpaired) electrons. The number of benzene rings is 2. The first-order valence-corrected chi connectivity index (χ1v) is 6.18. The summed E-state index contributed by atoms with van der Waals surface area (Å²) in [5.74, 6) is -1.71. The predicted octanol–water partition coefficient (Wildman–Crippen LogP) is 1.01. The average molecular weight is 292 g/mol. The van der Waals surface area contributed by atoms with Gasteiger partial charge >= 0.3 is 0 Å². The van der Waals surface area contributed by atoms with Gasteiger partial charge in [0, 0.05) is 18.7 Å². The van der Waals surface area contributed by atoms with Crippen molar-refractivity contribution in [3.63, 3.8) is 0 Å². The molecule has 0 heterocycles. The molecule has 0 aromatic heterocycles. The van der Waals surface area contributed by atoms with Crippen molar-refractivity contribution in [2.75, 3.05) is 0 Å². The van der Waals surface area contributed by atoms with Gasteiger partial charge in [0.1, 0.15) is 0 Å². The zero-order chi connectivity index (χ0) is 15.4. The van der Waals surface area contributed by atoms with Crippen LogP contribution in [0.4, 0.5) is 0 Å². The molecule has 0 aliphatic carbocycles. The molecule has 21 heavy (non-hydrogen) atoms. The minimum Gasteiger partial charge on any atom is -0.504 e. The molecule has 0 bridgehead atoms. The monoisotopic (exact) mass is 292 g/mol. The van der Waals surface area contributed by atoms with Crippen molar-refractivity contribution in [3.05, 3.63) is 41.5 Å². The SMILES string of the molecule is Oc1ccc(CNNCc2ccc(O)c(O)c2O)cc1O. The fourth-order valence-corrected chi connectivity index (χ4v) is 1.75. The van der Waals surface area contributed by atoms with Crippen LogP contribution >= 0.6 is 0 Å². The second-order valence-electron chi connectivity index (χ2n) is 4.47. The fourth-order valence-electron chi connectivity index (χ4n) is 1.75. The highest BCUT2D eigenvalue weighted by molar-refractivity contribution is 5.53. The van der Waals surface area contributed by atoms with E-state index in [2.05, 4.69) is 10.9 Å². The van der Waals surface area contributed by atoms with Crippen LogP contribution in [0.25, 0.3) is 0 Å². The van der Waals surface area contributed by atoms with Gasteiger partial charge in [-0.15, -0.1) is 0 Å². The summed E-state index contributed by atoms with van der Waals surface area (Å²) >= 11 is 0. The molecule has 7 heteroatoms. The second-order valence-corrected chi connectivity index (χ2v) is 4.47. The maximum Gasteiger partial charge on any atom is 0.200 e. The summed E-state index contributed by atoms with van der Waals surface area (Å²) in [7, 11) is 0. The van der Waals surface area contributed by atoms with Crippen molar-refractivity contribution in [2.45, 2.75) is 13.1 Å². The first kappa shape index (κ1) is 14.8. The van der Waals surface area contributed by atoms with Crippen molar-refractivity contribution in [1.29, 1.82) is 0 Å². The van der Waals surface area contributed by atoms with Crippen LogP contribution in [0.3, 0.4) is 0 Å². The number of phenols is 5. The summed E-state index contributed by atoms with van der Waals surface area (Å²) in [4.78, 5) is 0. The van der Waals surface area contributed by atoms with Crippen molar-refractivity contribution in [2.24, 2.45) is 0 Å². The Kier molecular flexibility index (Phi) is 4.36. The third kappa shape index (κ3) is 3.47. The van der Waals surface area contributed by atoms with E-state index in [9.17, 15) is 25.5 Å². The third-order valence-corrected chi connectivity index (χ3v) is 2.95. The van der Waals surface area contributed by atoms with Gasteiger partial charge in [-0.25, -0.2) is 0 Å². The number of aromatic hydroxyl groups is 5. The van der Waals surface area contributed by atoms with E-state index in [4.69, 9.17) is 0 Å². The Morgan fingerprint density at radius 2 is 1.33 bits per heavy atom. The molecule has 7 N–H and O–H groups in total. The Bertz CT molecular complexity index is 646. The second kappa shape index (κ2) is 6.21. The first-order valence-electron chi connectivity index (χ1n) is 6.18. The highest BCUT2D eigenvalue weighted by Crippen LogP contribution is 2.36. The molecule has 2 rings (SSSR count). The number of hydrogen-bond donors (Lipinski definition) is 7. The fraction of sp³-hybridized carbons (Fsp3) is 0.143. The number of rotatable bonds is 5. The Balaban J connectivity index is 1.87. The normalized spacial score (nSPS) is 10.7. The van der Waals surface area contributed by atoms with Crippen LogP contribution in [-0.4, -0.2) is 25.5 Å². The van der Waals surface area contributed by atoms with Crippen LogP contribution in [0.2, 0.25) is 0 Å². The molecule has 0 fully saturated rings. The summed E-state index contributed by atoms with van der Waals surface area (Å²) in [6.45, 7) is 0.586. The number of hydrazine groups is 1. The molecule has 2 aromatic rings. The van der Waals surface area contributed by atoms with E-state index in [1.807, 2.05) is 0 Å². The molecule has 0 saturated carbocycles. The van der Waals surface area contributed by atoms with Crippen molar-refractivity contribution >= 4 is 0 Å².